The zero-order chi connectivity index (χ0) is 16.9. The Labute approximate surface area is 151 Å². The summed E-state index contributed by atoms with van der Waals surface area (Å²) in [4.78, 5) is 0. The Kier molecular flexibility index (Phi) is 5.01. The van der Waals surface area contributed by atoms with Gasteiger partial charge in [0.2, 0.25) is 0 Å². The third-order valence-corrected chi connectivity index (χ3v) is 4.42. The zero-order valence-electron chi connectivity index (χ0n) is 12.7. The van der Waals surface area contributed by atoms with Crippen LogP contribution in [0.2, 0.25) is 10.0 Å². The average Bonchev–Trinajstić information content (AvgIpc) is 2.63. The largest absolute Gasteiger partial charge is 0.192 e. The van der Waals surface area contributed by atoms with E-state index in [1.54, 1.807) is 18.2 Å². The molecule has 0 N–H and O–H groups in total. The maximum absolute atomic E-state index is 9.44. The topological polar surface area (TPSA) is 23.8 Å². The van der Waals surface area contributed by atoms with Gasteiger partial charge in [0.1, 0.15) is 0 Å². The molecule has 3 heteroatoms. The minimum Gasteiger partial charge on any atom is -0.192 e. The highest BCUT2D eigenvalue weighted by atomic mass is 35.5. The van der Waals surface area contributed by atoms with Crippen LogP contribution in [0.3, 0.4) is 0 Å². The highest BCUT2D eigenvalue weighted by Gasteiger charge is 2.05. The molecule has 3 aromatic rings. The molecule has 0 amide bonds. The summed E-state index contributed by atoms with van der Waals surface area (Å²) < 4.78 is 0. The van der Waals surface area contributed by atoms with Gasteiger partial charge < -0.3 is 0 Å². The lowest BCUT2D eigenvalue weighted by Crippen LogP contribution is -1.83. The van der Waals surface area contributed by atoms with Crippen LogP contribution in [0.25, 0.3) is 22.8 Å². The summed E-state index contributed by atoms with van der Waals surface area (Å²) in [6.45, 7) is 0. The molecule has 0 aliphatic rings. The molecule has 0 saturated carbocycles. The molecule has 116 valence electrons. The van der Waals surface area contributed by atoms with E-state index in [-0.39, 0.29) is 0 Å². The second-order valence-electron chi connectivity index (χ2n) is 5.29. The maximum atomic E-state index is 9.44. The number of hydrogen-bond donors (Lipinski definition) is 0. The normalized spacial score (nSPS) is 11.1. The lowest BCUT2D eigenvalue weighted by atomic mass is 10.0. The van der Waals surface area contributed by atoms with Gasteiger partial charge in [-0.05, 0) is 40.5 Å². The molecule has 0 unspecified atom stereocenters. The number of halogens is 2. The fraction of sp³-hybridized carbons (Fsp3) is 0. The number of nitriles is 1. The van der Waals surface area contributed by atoms with Crippen molar-refractivity contribution in [1.82, 2.24) is 0 Å². The van der Waals surface area contributed by atoms with Crippen LogP contribution < -0.4 is 0 Å². The third kappa shape index (κ3) is 3.68. The molecule has 1 nitrogen and oxygen atoms in total. The van der Waals surface area contributed by atoms with Gasteiger partial charge in [0.15, 0.2) is 0 Å². The molecule has 0 fully saturated rings. The molecule has 0 radical (unpaired) electrons. The summed E-state index contributed by atoms with van der Waals surface area (Å²) in [6.07, 6.45) is 1.84. The monoisotopic (exact) mass is 349 g/mol. The van der Waals surface area contributed by atoms with Crippen LogP contribution in [0.15, 0.2) is 72.8 Å². The van der Waals surface area contributed by atoms with Crippen molar-refractivity contribution in [3.8, 4) is 17.2 Å². The SMILES string of the molecule is N#C/C(=C\c1ccc(-c2ccccc2)cc1)c1ccc(Cl)c(Cl)c1. The molecule has 0 saturated heterocycles. The third-order valence-electron chi connectivity index (χ3n) is 3.68. The molecule has 0 aliphatic heterocycles. The fourth-order valence-electron chi connectivity index (χ4n) is 2.41. The summed E-state index contributed by atoms with van der Waals surface area (Å²) >= 11 is 12.0. The van der Waals surface area contributed by atoms with Crippen molar-refractivity contribution in [1.29, 1.82) is 5.26 Å². The predicted octanol–water partition coefficient (Wildman–Crippen LogP) is 6.72. The number of allylic oxidation sites excluding steroid dienone is 1. The van der Waals surface area contributed by atoms with Gasteiger partial charge in [0.25, 0.3) is 0 Å². The van der Waals surface area contributed by atoms with Crippen LogP contribution in [0.1, 0.15) is 11.1 Å². The number of hydrogen-bond acceptors (Lipinski definition) is 1. The maximum Gasteiger partial charge on any atom is 0.0998 e. The van der Waals surface area contributed by atoms with Crippen LogP contribution in [0.5, 0.6) is 0 Å². The Balaban J connectivity index is 1.91. The molecular weight excluding hydrogens is 337 g/mol. The van der Waals surface area contributed by atoms with Crippen molar-refractivity contribution in [2.24, 2.45) is 0 Å². The molecule has 24 heavy (non-hydrogen) atoms. The Morgan fingerprint density at radius 3 is 2.08 bits per heavy atom. The van der Waals surface area contributed by atoms with E-state index in [0.717, 1.165) is 22.3 Å². The van der Waals surface area contributed by atoms with E-state index >= 15 is 0 Å². The Hall–Kier alpha value is -2.53. The average molecular weight is 350 g/mol. The van der Waals surface area contributed by atoms with Crippen molar-refractivity contribution in [3.05, 3.63) is 94.0 Å². The van der Waals surface area contributed by atoms with Crippen molar-refractivity contribution in [3.63, 3.8) is 0 Å². The van der Waals surface area contributed by atoms with Crippen molar-refractivity contribution in [2.45, 2.75) is 0 Å². The molecule has 3 rings (SSSR count). The quantitative estimate of drug-likeness (QED) is 0.380. The van der Waals surface area contributed by atoms with Crippen LogP contribution >= 0.6 is 23.2 Å². The Bertz CT molecular complexity index is 920. The molecule has 0 spiro atoms. The first-order valence-electron chi connectivity index (χ1n) is 7.40. The van der Waals surface area contributed by atoms with E-state index in [1.807, 2.05) is 48.5 Å². The first-order valence-corrected chi connectivity index (χ1v) is 8.15. The lowest BCUT2D eigenvalue weighted by molar-refractivity contribution is 1.52. The standard InChI is InChI=1S/C21H13Cl2N/c22-20-11-10-18(13-21(20)23)19(14-24)12-15-6-8-17(9-7-15)16-4-2-1-3-5-16/h1-13H/b19-12+. The molecule has 0 heterocycles. The van der Waals surface area contributed by atoms with Gasteiger partial charge in [-0.1, -0.05) is 83.9 Å². The molecule has 0 aliphatic carbocycles. The zero-order valence-corrected chi connectivity index (χ0v) is 14.2. The van der Waals surface area contributed by atoms with Gasteiger partial charge in [-0.3, -0.25) is 0 Å². The smallest absolute Gasteiger partial charge is 0.0998 e. The van der Waals surface area contributed by atoms with E-state index in [1.165, 1.54) is 0 Å². The second-order valence-corrected chi connectivity index (χ2v) is 6.10. The highest BCUT2D eigenvalue weighted by molar-refractivity contribution is 6.42. The van der Waals surface area contributed by atoms with Crippen LogP contribution in [0.4, 0.5) is 0 Å². The van der Waals surface area contributed by atoms with E-state index in [9.17, 15) is 5.26 Å². The van der Waals surface area contributed by atoms with Gasteiger partial charge in [0.05, 0.1) is 21.7 Å². The van der Waals surface area contributed by atoms with Crippen LogP contribution in [0, 0.1) is 11.3 Å². The first kappa shape index (κ1) is 16.3. The van der Waals surface area contributed by atoms with Gasteiger partial charge in [-0.15, -0.1) is 0 Å². The molecule has 0 atom stereocenters. The van der Waals surface area contributed by atoms with Gasteiger partial charge >= 0.3 is 0 Å². The minimum atomic E-state index is 0.440. The second kappa shape index (κ2) is 7.36. The van der Waals surface area contributed by atoms with E-state index in [0.29, 0.717) is 15.6 Å². The fourth-order valence-corrected chi connectivity index (χ4v) is 2.71. The van der Waals surface area contributed by atoms with Gasteiger partial charge in [-0.25, -0.2) is 0 Å². The lowest BCUT2D eigenvalue weighted by Gasteiger charge is -2.04. The number of benzene rings is 3. The summed E-state index contributed by atoms with van der Waals surface area (Å²) in [5, 5.41) is 10.4. The molecule has 3 aromatic carbocycles. The predicted molar refractivity (Wildman–Crippen MR) is 102 cm³/mol. The Morgan fingerprint density at radius 2 is 1.46 bits per heavy atom. The summed E-state index contributed by atoms with van der Waals surface area (Å²) in [5.41, 5.74) is 4.55. The minimum absolute atomic E-state index is 0.440. The van der Waals surface area contributed by atoms with E-state index in [4.69, 9.17) is 23.2 Å². The summed E-state index contributed by atoms with van der Waals surface area (Å²) in [6, 6.07) is 25.7. The summed E-state index contributed by atoms with van der Waals surface area (Å²) in [5.74, 6) is 0. The Morgan fingerprint density at radius 1 is 0.792 bits per heavy atom. The van der Waals surface area contributed by atoms with Crippen LogP contribution in [-0.2, 0) is 0 Å². The van der Waals surface area contributed by atoms with Crippen LogP contribution in [-0.4, -0.2) is 0 Å². The van der Waals surface area contributed by atoms with Crippen molar-refractivity contribution < 1.29 is 0 Å². The van der Waals surface area contributed by atoms with E-state index < -0.39 is 0 Å². The highest BCUT2D eigenvalue weighted by Crippen LogP contribution is 2.27. The first-order chi connectivity index (χ1) is 11.7. The van der Waals surface area contributed by atoms with Gasteiger partial charge in [-0.2, -0.15) is 5.26 Å². The summed E-state index contributed by atoms with van der Waals surface area (Å²) in [7, 11) is 0. The van der Waals surface area contributed by atoms with Gasteiger partial charge in [0, 0.05) is 0 Å². The van der Waals surface area contributed by atoms with E-state index in [2.05, 4.69) is 18.2 Å². The number of nitrogens with zero attached hydrogens (tertiary/aromatic N) is 1. The van der Waals surface area contributed by atoms with Crippen molar-refractivity contribution >= 4 is 34.9 Å². The molecule has 0 bridgehead atoms. The molecular formula is C21H13Cl2N. The number of rotatable bonds is 3. The van der Waals surface area contributed by atoms with Crippen molar-refractivity contribution in [2.75, 3.05) is 0 Å². The molecule has 0 aromatic heterocycles.